The highest BCUT2D eigenvalue weighted by Gasteiger charge is 2.22. The zero-order valence-electron chi connectivity index (χ0n) is 14.4. The summed E-state index contributed by atoms with van der Waals surface area (Å²) >= 11 is 15.2. The topological polar surface area (TPSA) is 58.6 Å². The van der Waals surface area contributed by atoms with E-state index in [0.717, 1.165) is 0 Å². The lowest BCUT2D eigenvalue weighted by Gasteiger charge is -2.22. The minimum absolute atomic E-state index is 0.224. The molecule has 5 nitrogen and oxygen atoms in total. The quantitative estimate of drug-likeness (QED) is 0.652. The maximum absolute atomic E-state index is 13.1. The molecule has 27 heavy (non-hydrogen) atoms. The van der Waals surface area contributed by atoms with Gasteiger partial charge < -0.3 is 15.0 Å². The third-order valence-corrected chi connectivity index (χ3v) is 4.78. The average Bonchev–Trinajstić information content (AvgIpc) is 2.60. The summed E-state index contributed by atoms with van der Waals surface area (Å²) in [6, 6.07) is 8.71. The van der Waals surface area contributed by atoms with Crippen LogP contribution >= 0.6 is 39.1 Å². The van der Waals surface area contributed by atoms with Crippen LogP contribution in [0.3, 0.4) is 0 Å². The van der Waals surface area contributed by atoms with Gasteiger partial charge in [0.2, 0.25) is 5.91 Å². The van der Waals surface area contributed by atoms with E-state index < -0.39 is 23.7 Å². The molecular weight excluding hydrogens is 462 g/mol. The van der Waals surface area contributed by atoms with Crippen molar-refractivity contribution in [1.29, 1.82) is 0 Å². The van der Waals surface area contributed by atoms with Crippen molar-refractivity contribution >= 4 is 56.6 Å². The Bertz CT molecular complexity index is 846. The third-order valence-electron chi connectivity index (χ3n) is 3.53. The van der Waals surface area contributed by atoms with Crippen molar-refractivity contribution in [2.75, 3.05) is 18.9 Å². The molecule has 0 aromatic heterocycles. The standard InChI is InChI=1S/C18H16BrCl2FN2O3/c1-10(27-15-7-6-11(22)8-12(15)19)18(26)24(2)9-16(25)23-17-13(20)4-3-5-14(17)21/h3-8,10H,9H2,1-2H3,(H,23,25). The van der Waals surface area contributed by atoms with Gasteiger partial charge >= 0.3 is 0 Å². The first-order chi connectivity index (χ1) is 12.7. The Labute approximate surface area is 174 Å². The van der Waals surface area contributed by atoms with Gasteiger partial charge in [-0.15, -0.1) is 0 Å². The highest BCUT2D eigenvalue weighted by molar-refractivity contribution is 9.10. The fraction of sp³-hybridized carbons (Fsp3) is 0.222. The molecule has 0 radical (unpaired) electrons. The summed E-state index contributed by atoms with van der Waals surface area (Å²) in [5.41, 5.74) is 0.284. The molecule has 0 aliphatic rings. The summed E-state index contributed by atoms with van der Waals surface area (Å²) in [6.07, 6.45) is -0.881. The number of hydrogen-bond acceptors (Lipinski definition) is 3. The van der Waals surface area contributed by atoms with Gasteiger partial charge in [-0.2, -0.15) is 0 Å². The minimum Gasteiger partial charge on any atom is -0.480 e. The van der Waals surface area contributed by atoms with Crippen molar-refractivity contribution < 1.29 is 18.7 Å². The average molecular weight is 478 g/mol. The number of amides is 2. The van der Waals surface area contributed by atoms with Crippen LogP contribution in [-0.4, -0.2) is 36.4 Å². The zero-order valence-corrected chi connectivity index (χ0v) is 17.5. The van der Waals surface area contributed by atoms with Gasteiger partial charge in [-0.05, 0) is 53.2 Å². The van der Waals surface area contributed by atoms with E-state index in [1.54, 1.807) is 18.2 Å². The number of rotatable bonds is 6. The molecule has 2 aromatic carbocycles. The molecule has 0 bridgehead atoms. The van der Waals surface area contributed by atoms with Gasteiger partial charge in [-0.3, -0.25) is 9.59 Å². The summed E-state index contributed by atoms with van der Waals surface area (Å²) in [4.78, 5) is 25.8. The number of carbonyl (C=O) groups excluding carboxylic acids is 2. The van der Waals surface area contributed by atoms with Crippen molar-refractivity contribution in [3.05, 3.63) is 56.7 Å². The highest BCUT2D eigenvalue weighted by atomic mass is 79.9. The molecule has 0 saturated heterocycles. The van der Waals surface area contributed by atoms with E-state index in [4.69, 9.17) is 27.9 Å². The summed E-state index contributed by atoms with van der Waals surface area (Å²) in [5.74, 6) is -0.999. The predicted octanol–water partition coefficient (Wildman–Crippen LogP) is 4.76. The number of halogens is 4. The van der Waals surface area contributed by atoms with Crippen molar-refractivity contribution in [3.8, 4) is 5.75 Å². The van der Waals surface area contributed by atoms with Crippen molar-refractivity contribution in [3.63, 3.8) is 0 Å². The first-order valence-corrected chi connectivity index (χ1v) is 9.34. The first-order valence-electron chi connectivity index (χ1n) is 7.79. The van der Waals surface area contributed by atoms with E-state index in [-0.39, 0.29) is 12.2 Å². The zero-order chi connectivity index (χ0) is 20.1. The van der Waals surface area contributed by atoms with Gasteiger partial charge in [0.05, 0.1) is 26.8 Å². The van der Waals surface area contributed by atoms with Gasteiger partial charge in [-0.25, -0.2) is 4.39 Å². The Hall–Kier alpha value is -1.83. The molecule has 0 fully saturated rings. The van der Waals surface area contributed by atoms with Crippen LogP contribution in [0.1, 0.15) is 6.92 Å². The number of nitrogens with zero attached hydrogens (tertiary/aromatic N) is 1. The van der Waals surface area contributed by atoms with Crippen LogP contribution in [0.5, 0.6) is 5.75 Å². The Balaban J connectivity index is 1.96. The number of para-hydroxylation sites is 1. The van der Waals surface area contributed by atoms with E-state index >= 15 is 0 Å². The van der Waals surface area contributed by atoms with E-state index in [1.807, 2.05) is 0 Å². The maximum Gasteiger partial charge on any atom is 0.263 e. The number of benzene rings is 2. The van der Waals surface area contributed by atoms with Crippen LogP contribution in [0, 0.1) is 5.82 Å². The number of ether oxygens (including phenoxy) is 1. The van der Waals surface area contributed by atoms with Crippen LogP contribution < -0.4 is 10.1 Å². The molecular formula is C18H16BrCl2FN2O3. The highest BCUT2D eigenvalue weighted by Crippen LogP contribution is 2.30. The molecule has 2 rings (SSSR count). The summed E-state index contributed by atoms with van der Waals surface area (Å²) in [7, 11) is 1.47. The predicted molar refractivity (Wildman–Crippen MR) is 107 cm³/mol. The summed E-state index contributed by atoms with van der Waals surface area (Å²) in [6.45, 7) is 1.32. The van der Waals surface area contributed by atoms with Gasteiger partial charge in [0.25, 0.3) is 5.91 Å². The molecule has 144 valence electrons. The van der Waals surface area contributed by atoms with Crippen LogP contribution in [-0.2, 0) is 9.59 Å². The number of anilines is 1. The second kappa shape index (κ2) is 9.39. The lowest BCUT2D eigenvalue weighted by molar-refractivity contribution is -0.139. The Morgan fingerprint density at radius 1 is 1.26 bits per heavy atom. The summed E-state index contributed by atoms with van der Waals surface area (Å²) < 4.78 is 19.1. The fourth-order valence-electron chi connectivity index (χ4n) is 2.21. The lowest BCUT2D eigenvalue weighted by Crippen LogP contribution is -2.42. The Morgan fingerprint density at radius 3 is 2.48 bits per heavy atom. The van der Waals surface area contributed by atoms with Gasteiger partial charge in [0.1, 0.15) is 11.6 Å². The van der Waals surface area contributed by atoms with Crippen LogP contribution in [0.15, 0.2) is 40.9 Å². The smallest absolute Gasteiger partial charge is 0.263 e. The maximum atomic E-state index is 13.1. The van der Waals surface area contributed by atoms with Crippen molar-refractivity contribution in [1.82, 2.24) is 4.90 Å². The SMILES string of the molecule is CC(Oc1ccc(F)cc1Br)C(=O)N(C)CC(=O)Nc1c(Cl)cccc1Cl. The number of nitrogens with one attached hydrogen (secondary N) is 1. The van der Waals surface area contributed by atoms with Crippen LogP contribution in [0.4, 0.5) is 10.1 Å². The van der Waals surface area contributed by atoms with Gasteiger partial charge in [0.15, 0.2) is 6.10 Å². The monoisotopic (exact) mass is 476 g/mol. The number of hydrogen-bond donors (Lipinski definition) is 1. The van der Waals surface area contributed by atoms with Crippen molar-refractivity contribution in [2.45, 2.75) is 13.0 Å². The van der Waals surface area contributed by atoms with Crippen molar-refractivity contribution in [2.24, 2.45) is 0 Å². The molecule has 1 unspecified atom stereocenters. The molecule has 0 heterocycles. The normalized spacial score (nSPS) is 11.6. The lowest BCUT2D eigenvalue weighted by atomic mass is 10.3. The molecule has 1 N–H and O–H groups in total. The molecule has 0 saturated carbocycles. The second-order valence-corrected chi connectivity index (χ2v) is 7.34. The second-order valence-electron chi connectivity index (χ2n) is 5.67. The van der Waals surface area contributed by atoms with Crippen LogP contribution in [0.2, 0.25) is 10.0 Å². The van der Waals surface area contributed by atoms with Gasteiger partial charge in [-0.1, -0.05) is 29.3 Å². The minimum atomic E-state index is -0.881. The van der Waals surface area contributed by atoms with Crippen LogP contribution in [0.25, 0.3) is 0 Å². The molecule has 9 heteroatoms. The summed E-state index contributed by atoms with van der Waals surface area (Å²) in [5, 5.41) is 3.17. The molecule has 2 amide bonds. The fourth-order valence-corrected chi connectivity index (χ4v) is 3.15. The van der Waals surface area contributed by atoms with E-state index in [0.29, 0.717) is 20.3 Å². The van der Waals surface area contributed by atoms with Gasteiger partial charge in [0, 0.05) is 7.05 Å². The Kier molecular flexibility index (Phi) is 7.47. The molecule has 0 aliphatic carbocycles. The Morgan fingerprint density at radius 2 is 1.89 bits per heavy atom. The third kappa shape index (κ3) is 5.82. The largest absolute Gasteiger partial charge is 0.480 e. The first kappa shape index (κ1) is 21.5. The number of likely N-dealkylation sites (N-methyl/N-ethyl adjacent to an activating group) is 1. The van der Waals surface area contributed by atoms with E-state index in [9.17, 15) is 14.0 Å². The molecule has 0 spiro atoms. The molecule has 0 aliphatic heterocycles. The van der Waals surface area contributed by atoms with E-state index in [2.05, 4.69) is 21.2 Å². The van der Waals surface area contributed by atoms with E-state index in [1.165, 1.54) is 37.1 Å². The molecule has 1 atom stereocenters. The number of carbonyl (C=O) groups is 2. The molecule has 2 aromatic rings.